The van der Waals surface area contributed by atoms with Crippen molar-refractivity contribution in [1.29, 1.82) is 0 Å². The molecule has 1 fully saturated rings. The fourth-order valence-electron chi connectivity index (χ4n) is 3.84. The van der Waals surface area contributed by atoms with Crippen molar-refractivity contribution in [3.8, 4) is 0 Å². The quantitative estimate of drug-likeness (QED) is 0.166. The van der Waals surface area contributed by atoms with Gasteiger partial charge >= 0.3 is 29.8 Å². The molecule has 0 unspecified atom stereocenters. The maximum atomic E-state index is 13.3. The number of carbonyl (C=O) groups excluding carboxylic acids is 5. The van der Waals surface area contributed by atoms with E-state index in [2.05, 4.69) is 10.3 Å². The van der Waals surface area contributed by atoms with Crippen LogP contribution in [0.3, 0.4) is 0 Å². The van der Waals surface area contributed by atoms with E-state index in [9.17, 15) is 29.1 Å². The molecule has 4 atom stereocenters. The molecule has 0 amide bonds. The number of carbonyl (C=O) groups is 5. The molecule has 1 aromatic rings. The Balaban J connectivity index is 2.61. The number of ether oxygens (including phenoxy) is 5. The zero-order valence-electron chi connectivity index (χ0n) is 21.6. The van der Waals surface area contributed by atoms with Crippen LogP contribution in [0.15, 0.2) is 0 Å². The summed E-state index contributed by atoms with van der Waals surface area (Å²) in [5, 5.41) is 19.2. The van der Waals surface area contributed by atoms with E-state index < -0.39 is 71.9 Å². The van der Waals surface area contributed by atoms with Gasteiger partial charge in [-0.2, -0.15) is 4.68 Å². The molecule has 206 valence electrons. The Morgan fingerprint density at radius 2 is 1.65 bits per heavy atom. The Bertz CT molecular complexity index is 1010. The molecule has 0 saturated carbocycles. The summed E-state index contributed by atoms with van der Waals surface area (Å²) in [6, 6.07) is 0. The van der Waals surface area contributed by atoms with Crippen LogP contribution in [0.5, 0.6) is 0 Å². The van der Waals surface area contributed by atoms with Gasteiger partial charge in [0.25, 0.3) is 0 Å². The molecule has 0 spiro atoms. The van der Waals surface area contributed by atoms with Gasteiger partial charge < -0.3 is 28.8 Å². The Morgan fingerprint density at radius 3 is 2.22 bits per heavy atom. The highest BCUT2D eigenvalue weighted by Crippen LogP contribution is 2.39. The standard InChI is InChI=1S/C23H33N3O11/c1-6-8-9-10-11-16(30)19-18(22(31)33-7-2)24-25-26(19)23(32)21(36-15(5)29)20(35-14(4)28)17(37-23)12-34-13(3)27/h17,20-21,32H,6-12H2,1-5H3/t17-,20-,21-,23+/m1/s1. The van der Waals surface area contributed by atoms with E-state index in [0.29, 0.717) is 11.1 Å². The molecule has 2 rings (SSSR count). The summed E-state index contributed by atoms with van der Waals surface area (Å²) in [5.41, 5.74) is -0.919. The van der Waals surface area contributed by atoms with Crippen molar-refractivity contribution >= 4 is 29.7 Å². The first-order chi connectivity index (χ1) is 17.5. The molecule has 1 aromatic heterocycles. The average Bonchev–Trinajstić information content (AvgIpc) is 3.37. The number of hydrogen-bond acceptors (Lipinski definition) is 13. The van der Waals surface area contributed by atoms with Gasteiger partial charge in [-0.1, -0.05) is 31.4 Å². The van der Waals surface area contributed by atoms with E-state index in [1.54, 1.807) is 6.92 Å². The van der Waals surface area contributed by atoms with Gasteiger partial charge in [0.2, 0.25) is 11.8 Å². The maximum Gasteiger partial charge on any atom is 0.361 e. The lowest BCUT2D eigenvalue weighted by molar-refractivity contribution is -0.298. The minimum absolute atomic E-state index is 0.0155. The monoisotopic (exact) mass is 527 g/mol. The number of aromatic nitrogens is 3. The first kappa shape index (κ1) is 29.8. The lowest BCUT2D eigenvalue weighted by atomic mass is 10.1. The second-order valence-corrected chi connectivity index (χ2v) is 8.37. The predicted molar refractivity (Wildman–Crippen MR) is 122 cm³/mol. The molecule has 14 nitrogen and oxygen atoms in total. The molecular formula is C23H33N3O11. The van der Waals surface area contributed by atoms with Gasteiger partial charge in [-0.05, 0) is 13.3 Å². The Morgan fingerprint density at radius 1 is 0.973 bits per heavy atom. The molecule has 1 N–H and O–H groups in total. The number of hydrogen-bond donors (Lipinski definition) is 1. The van der Waals surface area contributed by atoms with E-state index in [1.165, 1.54) is 0 Å². The summed E-state index contributed by atoms with van der Waals surface area (Å²) in [7, 11) is 0. The third-order valence-corrected chi connectivity index (χ3v) is 5.37. The minimum Gasteiger partial charge on any atom is -0.463 e. The van der Waals surface area contributed by atoms with Crippen molar-refractivity contribution in [3.05, 3.63) is 11.4 Å². The minimum atomic E-state index is -2.78. The van der Waals surface area contributed by atoms with Crippen LogP contribution in [-0.2, 0) is 44.0 Å². The molecular weight excluding hydrogens is 494 g/mol. The lowest BCUT2D eigenvalue weighted by Gasteiger charge is -2.29. The van der Waals surface area contributed by atoms with Gasteiger partial charge in [-0.25, -0.2) is 4.79 Å². The summed E-state index contributed by atoms with van der Waals surface area (Å²) >= 11 is 0. The van der Waals surface area contributed by atoms with Gasteiger partial charge in [0.05, 0.1) is 6.61 Å². The third-order valence-electron chi connectivity index (χ3n) is 5.37. The SMILES string of the molecule is CCCCCCC(=O)c1c(C(=O)OCC)nnn1[C@@]1(O)O[C@H](COC(C)=O)[C@@H](OC(C)=O)[C@H]1OC(C)=O. The van der Waals surface area contributed by atoms with Crippen LogP contribution in [-0.4, -0.2) is 81.3 Å². The Labute approximate surface area is 213 Å². The van der Waals surface area contributed by atoms with Crippen LogP contribution in [0.4, 0.5) is 0 Å². The van der Waals surface area contributed by atoms with Crippen LogP contribution in [0, 0.1) is 0 Å². The Hall–Kier alpha value is -3.39. The van der Waals surface area contributed by atoms with Crippen LogP contribution >= 0.6 is 0 Å². The molecule has 1 aliphatic heterocycles. The highest BCUT2D eigenvalue weighted by Gasteiger charge is 2.62. The molecule has 1 aliphatic rings. The van der Waals surface area contributed by atoms with Gasteiger partial charge in [-0.15, -0.1) is 5.10 Å². The highest BCUT2D eigenvalue weighted by molar-refractivity contribution is 6.04. The highest BCUT2D eigenvalue weighted by atomic mass is 16.7. The van der Waals surface area contributed by atoms with E-state index in [0.717, 1.165) is 40.0 Å². The second-order valence-electron chi connectivity index (χ2n) is 8.37. The van der Waals surface area contributed by atoms with Crippen LogP contribution in [0.2, 0.25) is 0 Å². The number of rotatable bonds is 13. The molecule has 0 bridgehead atoms. The zero-order chi connectivity index (χ0) is 27.8. The summed E-state index contributed by atoms with van der Waals surface area (Å²) in [6.45, 7) is 6.28. The average molecular weight is 528 g/mol. The number of Topliss-reactive ketones (excluding diaryl/α,β-unsaturated/α-hetero) is 1. The van der Waals surface area contributed by atoms with Crippen molar-refractivity contribution in [2.24, 2.45) is 0 Å². The summed E-state index contributed by atoms with van der Waals surface area (Å²) in [5.74, 6) is -6.75. The summed E-state index contributed by atoms with van der Waals surface area (Å²) in [4.78, 5) is 61.0. The van der Waals surface area contributed by atoms with Gasteiger partial charge in [0.15, 0.2) is 11.9 Å². The zero-order valence-corrected chi connectivity index (χ0v) is 21.6. The van der Waals surface area contributed by atoms with Crippen LogP contribution in [0.25, 0.3) is 0 Å². The van der Waals surface area contributed by atoms with E-state index >= 15 is 0 Å². The fourth-order valence-corrected chi connectivity index (χ4v) is 3.84. The topological polar surface area (TPSA) is 182 Å². The van der Waals surface area contributed by atoms with Crippen LogP contribution < -0.4 is 0 Å². The number of nitrogens with zero attached hydrogens (tertiary/aromatic N) is 3. The fraction of sp³-hybridized carbons (Fsp3) is 0.696. The van der Waals surface area contributed by atoms with Gasteiger partial charge in [-0.3, -0.25) is 19.2 Å². The third kappa shape index (κ3) is 7.32. The normalized spacial score (nSPS) is 22.8. The van der Waals surface area contributed by atoms with Gasteiger partial charge in [0.1, 0.15) is 18.4 Å². The first-order valence-electron chi connectivity index (χ1n) is 12.0. The largest absolute Gasteiger partial charge is 0.463 e. The molecule has 0 aliphatic carbocycles. The number of ketones is 1. The van der Waals surface area contributed by atoms with Gasteiger partial charge in [0, 0.05) is 27.2 Å². The van der Waals surface area contributed by atoms with Crippen molar-refractivity contribution < 1.29 is 52.8 Å². The van der Waals surface area contributed by atoms with Crippen molar-refractivity contribution in [3.63, 3.8) is 0 Å². The molecule has 14 heteroatoms. The second kappa shape index (κ2) is 13.2. The molecule has 0 aromatic carbocycles. The predicted octanol–water partition coefficient (Wildman–Crippen LogP) is 1.04. The maximum absolute atomic E-state index is 13.3. The van der Waals surface area contributed by atoms with E-state index in [-0.39, 0.29) is 13.0 Å². The van der Waals surface area contributed by atoms with Crippen molar-refractivity contribution in [2.45, 2.75) is 90.9 Å². The number of esters is 4. The lowest BCUT2D eigenvalue weighted by Crippen LogP contribution is -2.50. The Kier molecular flexibility index (Phi) is 10.7. The summed E-state index contributed by atoms with van der Waals surface area (Å²) < 4.78 is 26.7. The number of unbranched alkanes of at least 4 members (excludes halogenated alkanes) is 3. The molecule has 2 heterocycles. The van der Waals surface area contributed by atoms with Crippen molar-refractivity contribution in [2.75, 3.05) is 13.2 Å². The molecule has 1 saturated heterocycles. The van der Waals surface area contributed by atoms with Crippen LogP contribution in [0.1, 0.15) is 87.7 Å². The van der Waals surface area contributed by atoms with E-state index in [4.69, 9.17) is 23.7 Å². The smallest absolute Gasteiger partial charge is 0.361 e. The molecule has 37 heavy (non-hydrogen) atoms. The van der Waals surface area contributed by atoms with Crippen molar-refractivity contribution in [1.82, 2.24) is 15.0 Å². The molecule has 0 radical (unpaired) electrons. The number of aliphatic hydroxyl groups is 1. The van der Waals surface area contributed by atoms with E-state index in [1.807, 2.05) is 6.92 Å². The first-order valence-corrected chi connectivity index (χ1v) is 12.0. The summed E-state index contributed by atoms with van der Waals surface area (Å²) in [6.07, 6.45) is -1.57.